The van der Waals surface area contributed by atoms with Crippen molar-refractivity contribution >= 4 is 11.3 Å². The van der Waals surface area contributed by atoms with Crippen molar-refractivity contribution in [1.29, 1.82) is 0 Å². The lowest BCUT2D eigenvalue weighted by Gasteiger charge is -2.25. The van der Waals surface area contributed by atoms with Crippen molar-refractivity contribution in [3.8, 4) is 0 Å². The van der Waals surface area contributed by atoms with Crippen molar-refractivity contribution in [2.45, 2.75) is 57.5 Å². The van der Waals surface area contributed by atoms with Crippen LogP contribution in [0.15, 0.2) is 5.38 Å². The molecule has 0 aliphatic carbocycles. The van der Waals surface area contributed by atoms with Crippen LogP contribution in [0.25, 0.3) is 0 Å². The van der Waals surface area contributed by atoms with Crippen molar-refractivity contribution in [2.24, 2.45) is 0 Å². The predicted molar refractivity (Wildman–Crippen MR) is 80.8 cm³/mol. The fraction of sp³-hybridized carbons (Fsp3) is 0.800. The third-order valence-corrected chi connectivity index (χ3v) is 4.79. The van der Waals surface area contributed by atoms with E-state index >= 15 is 0 Å². The molecule has 0 amide bonds. The van der Waals surface area contributed by atoms with Gasteiger partial charge < -0.3 is 10.0 Å². The molecule has 3 nitrogen and oxygen atoms in total. The summed E-state index contributed by atoms with van der Waals surface area (Å²) in [5.41, 5.74) is 0.681. The van der Waals surface area contributed by atoms with Crippen molar-refractivity contribution in [3.05, 3.63) is 16.1 Å². The number of aromatic nitrogens is 1. The van der Waals surface area contributed by atoms with E-state index in [1.807, 2.05) is 0 Å². The van der Waals surface area contributed by atoms with E-state index in [9.17, 15) is 5.11 Å². The lowest BCUT2D eigenvalue weighted by molar-refractivity contribution is 0.0262. The summed E-state index contributed by atoms with van der Waals surface area (Å²) in [4.78, 5) is 7.02. The fourth-order valence-corrected chi connectivity index (χ4v) is 3.67. The normalized spacial score (nSPS) is 26.4. The Morgan fingerprint density at radius 2 is 2.11 bits per heavy atom. The van der Waals surface area contributed by atoms with Crippen LogP contribution in [-0.4, -0.2) is 40.7 Å². The molecule has 0 aromatic carbocycles. The van der Waals surface area contributed by atoms with Gasteiger partial charge in [0.2, 0.25) is 0 Å². The summed E-state index contributed by atoms with van der Waals surface area (Å²) < 4.78 is 0. The van der Waals surface area contributed by atoms with Gasteiger partial charge in [0.05, 0.1) is 16.3 Å². The summed E-state index contributed by atoms with van der Waals surface area (Å²) in [6, 6.07) is 0. The SMILES string of the molecule is CN1CCCC(O)(Cc2nc(C(C)(C)C)cs2)CC1. The van der Waals surface area contributed by atoms with E-state index in [0.29, 0.717) is 6.42 Å². The zero-order valence-electron chi connectivity index (χ0n) is 12.6. The van der Waals surface area contributed by atoms with Gasteiger partial charge in [-0.3, -0.25) is 0 Å². The molecule has 1 aliphatic rings. The molecule has 1 N–H and O–H groups in total. The van der Waals surface area contributed by atoms with Crippen LogP contribution >= 0.6 is 11.3 Å². The molecule has 19 heavy (non-hydrogen) atoms. The molecule has 1 aliphatic heterocycles. The quantitative estimate of drug-likeness (QED) is 0.906. The van der Waals surface area contributed by atoms with Crippen LogP contribution in [0.5, 0.6) is 0 Å². The summed E-state index contributed by atoms with van der Waals surface area (Å²) in [5, 5.41) is 14.0. The second-order valence-electron chi connectivity index (χ2n) is 6.93. The molecule has 1 unspecified atom stereocenters. The Kier molecular flexibility index (Phi) is 4.33. The van der Waals surface area contributed by atoms with Gasteiger partial charge >= 0.3 is 0 Å². The zero-order valence-corrected chi connectivity index (χ0v) is 13.4. The number of aliphatic hydroxyl groups is 1. The van der Waals surface area contributed by atoms with Gasteiger partial charge in [0.25, 0.3) is 0 Å². The molecule has 2 rings (SSSR count). The average molecular weight is 282 g/mol. The first-order valence-corrected chi connectivity index (χ1v) is 8.02. The Morgan fingerprint density at radius 1 is 1.37 bits per heavy atom. The Hall–Kier alpha value is -0.450. The van der Waals surface area contributed by atoms with Crippen LogP contribution < -0.4 is 0 Å². The Morgan fingerprint density at radius 3 is 2.74 bits per heavy atom. The zero-order chi connectivity index (χ0) is 14.1. The topological polar surface area (TPSA) is 36.4 Å². The standard InChI is InChI=1S/C15H26N2OS/c1-14(2,3)12-11-19-13(16-12)10-15(18)6-5-8-17(4)9-7-15/h11,18H,5-10H2,1-4H3. The molecule has 1 aromatic heterocycles. The molecule has 2 heterocycles. The average Bonchev–Trinajstić information content (AvgIpc) is 2.68. The van der Waals surface area contributed by atoms with E-state index in [-0.39, 0.29) is 5.41 Å². The van der Waals surface area contributed by atoms with Gasteiger partial charge in [0, 0.05) is 23.8 Å². The van der Waals surface area contributed by atoms with Crippen LogP contribution in [0.4, 0.5) is 0 Å². The number of hydrogen-bond acceptors (Lipinski definition) is 4. The Balaban J connectivity index is 2.05. The predicted octanol–water partition coefficient (Wildman–Crippen LogP) is 2.83. The summed E-state index contributed by atoms with van der Waals surface area (Å²) >= 11 is 1.69. The van der Waals surface area contributed by atoms with Gasteiger partial charge in [-0.15, -0.1) is 11.3 Å². The number of nitrogens with zero attached hydrogens (tertiary/aromatic N) is 2. The molecule has 1 atom stereocenters. The Labute approximate surface area is 120 Å². The van der Waals surface area contributed by atoms with Crippen LogP contribution in [0.3, 0.4) is 0 Å². The molecular weight excluding hydrogens is 256 g/mol. The second kappa shape index (κ2) is 5.51. The largest absolute Gasteiger partial charge is 0.389 e. The summed E-state index contributed by atoms with van der Waals surface area (Å²) in [6.07, 6.45) is 3.53. The number of thiazole rings is 1. The van der Waals surface area contributed by atoms with Gasteiger partial charge in [-0.05, 0) is 32.9 Å². The number of likely N-dealkylation sites (tertiary alicyclic amines) is 1. The summed E-state index contributed by atoms with van der Waals surface area (Å²) in [6.45, 7) is 8.62. The van der Waals surface area contributed by atoms with E-state index in [1.165, 1.54) is 0 Å². The molecule has 0 spiro atoms. The molecule has 0 saturated carbocycles. The third kappa shape index (κ3) is 4.01. The van der Waals surface area contributed by atoms with Crippen LogP contribution in [0, 0.1) is 0 Å². The van der Waals surface area contributed by atoms with E-state index in [4.69, 9.17) is 4.98 Å². The monoisotopic (exact) mass is 282 g/mol. The highest BCUT2D eigenvalue weighted by Crippen LogP contribution is 2.30. The maximum atomic E-state index is 10.8. The van der Waals surface area contributed by atoms with Gasteiger partial charge in [0.15, 0.2) is 0 Å². The van der Waals surface area contributed by atoms with Crippen molar-refractivity contribution in [2.75, 3.05) is 20.1 Å². The molecular formula is C15H26N2OS. The molecule has 0 bridgehead atoms. The second-order valence-corrected chi connectivity index (χ2v) is 7.88. The van der Waals surface area contributed by atoms with Gasteiger partial charge in [-0.25, -0.2) is 4.98 Å². The molecule has 1 saturated heterocycles. The smallest absolute Gasteiger partial charge is 0.0957 e. The molecule has 1 fully saturated rings. The van der Waals surface area contributed by atoms with E-state index in [0.717, 1.165) is 43.1 Å². The van der Waals surface area contributed by atoms with Gasteiger partial charge in [-0.2, -0.15) is 0 Å². The summed E-state index contributed by atoms with van der Waals surface area (Å²) in [7, 11) is 2.13. The van der Waals surface area contributed by atoms with Crippen LogP contribution in [0.1, 0.15) is 50.7 Å². The molecule has 0 radical (unpaired) electrons. The van der Waals surface area contributed by atoms with Crippen LogP contribution in [0.2, 0.25) is 0 Å². The molecule has 108 valence electrons. The Bertz CT molecular complexity index is 424. The minimum atomic E-state index is -0.558. The first-order chi connectivity index (χ1) is 8.78. The van der Waals surface area contributed by atoms with E-state index in [1.54, 1.807) is 11.3 Å². The van der Waals surface area contributed by atoms with Crippen molar-refractivity contribution in [1.82, 2.24) is 9.88 Å². The van der Waals surface area contributed by atoms with Crippen molar-refractivity contribution < 1.29 is 5.11 Å². The maximum Gasteiger partial charge on any atom is 0.0957 e. The lowest BCUT2D eigenvalue weighted by Crippen LogP contribution is -2.32. The summed E-state index contributed by atoms with van der Waals surface area (Å²) in [5.74, 6) is 0. The van der Waals surface area contributed by atoms with Gasteiger partial charge in [-0.1, -0.05) is 20.8 Å². The van der Waals surface area contributed by atoms with Crippen LogP contribution in [-0.2, 0) is 11.8 Å². The minimum absolute atomic E-state index is 0.0983. The van der Waals surface area contributed by atoms with E-state index < -0.39 is 5.60 Å². The van der Waals surface area contributed by atoms with Gasteiger partial charge in [0.1, 0.15) is 0 Å². The first kappa shape index (κ1) is 14.9. The third-order valence-electron chi connectivity index (χ3n) is 3.94. The number of rotatable bonds is 2. The number of hydrogen-bond donors (Lipinski definition) is 1. The minimum Gasteiger partial charge on any atom is -0.389 e. The highest BCUT2D eigenvalue weighted by atomic mass is 32.1. The fourth-order valence-electron chi connectivity index (χ4n) is 2.51. The molecule has 1 aromatic rings. The highest BCUT2D eigenvalue weighted by molar-refractivity contribution is 7.09. The first-order valence-electron chi connectivity index (χ1n) is 7.14. The van der Waals surface area contributed by atoms with Crippen molar-refractivity contribution in [3.63, 3.8) is 0 Å². The molecule has 4 heteroatoms. The highest BCUT2D eigenvalue weighted by Gasteiger charge is 2.31. The van der Waals surface area contributed by atoms with E-state index in [2.05, 4.69) is 38.1 Å². The lowest BCUT2D eigenvalue weighted by atomic mass is 9.91. The maximum absolute atomic E-state index is 10.8.